The van der Waals surface area contributed by atoms with E-state index in [1.54, 1.807) is 0 Å². The summed E-state index contributed by atoms with van der Waals surface area (Å²) in [5.74, 6) is -0.444. The Morgan fingerprint density at radius 1 is 1.50 bits per heavy atom. The Labute approximate surface area is 105 Å². The summed E-state index contributed by atoms with van der Waals surface area (Å²) in [5.41, 5.74) is 2.30. The van der Waals surface area contributed by atoms with Crippen LogP contribution in [0.4, 0.5) is 0 Å². The first kappa shape index (κ1) is 12.4. The van der Waals surface area contributed by atoms with Crippen LogP contribution in [0.25, 0.3) is 11.1 Å². The van der Waals surface area contributed by atoms with Crippen molar-refractivity contribution in [2.45, 2.75) is 18.9 Å². The predicted molar refractivity (Wildman–Crippen MR) is 68.1 cm³/mol. The maximum Gasteiger partial charge on any atom is 0.417 e. The molecule has 5 heteroatoms. The Balaban J connectivity index is 2.37. The summed E-state index contributed by atoms with van der Waals surface area (Å²) < 4.78 is 5.05. The van der Waals surface area contributed by atoms with E-state index in [2.05, 4.69) is 16.0 Å². The largest absolute Gasteiger partial charge is 0.417 e. The summed E-state index contributed by atoms with van der Waals surface area (Å²) in [4.78, 5) is 15.8. The monoisotopic (exact) mass is 245 g/mol. The molecule has 5 nitrogen and oxygen atoms in total. The maximum absolute atomic E-state index is 11.1. The summed E-state index contributed by atoms with van der Waals surface area (Å²) >= 11 is 0. The van der Waals surface area contributed by atoms with Crippen LogP contribution in [0.3, 0.4) is 0 Å². The van der Waals surface area contributed by atoms with Crippen LogP contribution in [-0.2, 0) is 0 Å². The number of H-pyrrole nitrogens is 1. The fourth-order valence-electron chi connectivity index (χ4n) is 2.09. The van der Waals surface area contributed by atoms with E-state index in [-0.39, 0.29) is 6.04 Å². The van der Waals surface area contributed by atoms with Crippen molar-refractivity contribution in [3.05, 3.63) is 34.3 Å². The summed E-state index contributed by atoms with van der Waals surface area (Å²) in [6.45, 7) is 0. The summed E-state index contributed by atoms with van der Waals surface area (Å²) in [7, 11) is 3.94. The minimum atomic E-state index is -0.444. The second-order valence-electron chi connectivity index (χ2n) is 4.45. The molecule has 0 amide bonds. The van der Waals surface area contributed by atoms with Crippen molar-refractivity contribution in [2.24, 2.45) is 0 Å². The molecular formula is C13H15N3O2. The molecule has 1 atom stereocenters. The smallest absolute Gasteiger partial charge is 0.408 e. The molecule has 0 saturated carbocycles. The van der Waals surface area contributed by atoms with Crippen LogP contribution >= 0.6 is 0 Å². The van der Waals surface area contributed by atoms with Crippen LogP contribution in [0, 0.1) is 11.3 Å². The van der Waals surface area contributed by atoms with Gasteiger partial charge in [-0.1, -0.05) is 6.07 Å². The molecular weight excluding hydrogens is 230 g/mol. The average molecular weight is 245 g/mol. The molecule has 2 aromatic rings. The van der Waals surface area contributed by atoms with Gasteiger partial charge in [-0.25, -0.2) is 4.79 Å². The molecule has 0 bridgehead atoms. The first-order valence-corrected chi connectivity index (χ1v) is 5.78. The van der Waals surface area contributed by atoms with E-state index < -0.39 is 5.76 Å². The van der Waals surface area contributed by atoms with Gasteiger partial charge in [0.25, 0.3) is 0 Å². The van der Waals surface area contributed by atoms with Crippen LogP contribution in [0.1, 0.15) is 24.4 Å². The molecule has 0 radical (unpaired) electrons. The molecule has 94 valence electrons. The molecule has 0 aliphatic rings. The molecule has 0 fully saturated rings. The van der Waals surface area contributed by atoms with Gasteiger partial charge in [0.2, 0.25) is 0 Å². The Bertz CT molecular complexity index is 633. The number of nitrogens with zero attached hydrogens (tertiary/aromatic N) is 2. The number of rotatable bonds is 4. The molecule has 18 heavy (non-hydrogen) atoms. The Hall–Kier alpha value is -2.06. The van der Waals surface area contributed by atoms with Crippen molar-refractivity contribution in [1.82, 2.24) is 9.88 Å². The van der Waals surface area contributed by atoms with E-state index in [1.165, 1.54) is 0 Å². The minimum absolute atomic E-state index is 0.147. The van der Waals surface area contributed by atoms with Crippen LogP contribution in [-0.4, -0.2) is 24.0 Å². The number of nitrogens with one attached hydrogen (secondary N) is 1. The molecule has 1 unspecified atom stereocenters. The zero-order chi connectivity index (χ0) is 13.1. The second-order valence-corrected chi connectivity index (χ2v) is 4.45. The van der Waals surface area contributed by atoms with Crippen molar-refractivity contribution in [3.63, 3.8) is 0 Å². The molecule has 1 aromatic heterocycles. The van der Waals surface area contributed by atoms with E-state index in [4.69, 9.17) is 9.68 Å². The van der Waals surface area contributed by atoms with Crippen molar-refractivity contribution < 1.29 is 4.42 Å². The number of fused-ring (bicyclic) bond motifs is 1. The molecule has 0 saturated heterocycles. The van der Waals surface area contributed by atoms with Gasteiger partial charge < -0.3 is 9.32 Å². The molecule has 2 rings (SSSR count). The normalized spacial score (nSPS) is 12.8. The molecule has 1 aromatic carbocycles. The predicted octanol–water partition coefficient (Wildman–Crippen LogP) is 2.03. The number of benzene rings is 1. The molecule has 1 heterocycles. The van der Waals surface area contributed by atoms with Crippen molar-refractivity contribution in [2.75, 3.05) is 14.1 Å². The standard InChI is InChI=1S/C13H15N3O2/c1-16(2)11(4-3-7-14)9-5-6-10-12(8-9)18-13(17)15-10/h5-6,8,11H,3-4H2,1-2H3,(H,15,17). The van der Waals surface area contributed by atoms with Gasteiger partial charge in [0.15, 0.2) is 5.58 Å². The quantitative estimate of drug-likeness (QED) is 0.894. The van der Waals surface area contributed by atoms with Crippen LogP contribution in [0.2, 0.25) is 0 Å². The van der Waals surface area contributed by atoms with Crippen molar-refractivity contribution >= 4 is 11.1 Å². The number of aromatic nitrogens is 1. The third kappa shape index (κ3) is 2.44. The summed E-state index contributed by atoms with van der Waals surface area (Å²) in [6, 6.07) is 7.95. The van der Waals surface area contributed by atoms with Crippen molar-refractivity contribution in [1.29, 1.82) is 5.26 Å². The van der Waals surface area contributed by atoms with E-state index in [1.807, 2.05) is 32.3 Å². The highest BCUT2D eigenvalue weighted by atomic mass is 16.4. The SMILES string of the molecule is CN(C)C(CCC#N)c1ccc2[nH]c(=O)oc2c1. The van der Waals surface area contributed by atoms with Crippen LogP contribution < -0.4 is 5.76 Å². The lowest BCUT2D eigenvalue weighted by Crippen LogP contribution is -2.19. The van der Waals surface area contributed by atoms with Gasteiger partial charge in [0.1, 0.15) is 0 Å². The van der Waals surface area contributed by atoms with Gasteiger partial charge >= 0.3 is 5.76 Å². The second kappa shape index (κ2) is 5.07. The minimum Gasteiger partial charge on any atom is -0.408 e. The molecule has 1 N–H and O–H groups in total. The topological polar surface area (TPSA) is 73.0 Å². The van der Waals surface area contributed by atoms with Gasteiger partial charge in [-0.15, -0.1) is 0 Å². The van der Waals surface area contributed by atoms with Crippen LogP contribution in [0.5, 0.6) is 0 Å². The fraction of sp³-hybridized carbons (Fsp3) is 0.385. The van der Waals surface area contributed by atoms with Crippen LogP contribution in [0.15, 0.2) is 27.4 Å². The highest BCUT2D eigenvalue weighted by Crippen LogP contribution is 2.25. The lowest BCUT2D eigenvalue weighted by molar-refractivity contribution is 0.286. The third-order valence-electron chi connectivity index (χ3n) is 2.98. The first-order chi connectivity index (χ1) is 8.61. The van der Waals surface area contributed by atoms with Crippen molar-refractivity contribution in [3.8, 4) is 6.07 Å². The third-order valence-corrected chi connectivity index (χ3v) is 2.98. The Morgan fingerprint density at radius 2 is 2.28 bits per heavy atom. The highest BCUT2D eigenvalue weighted by Gasteiger charge is 2.15. The van der Waals surface area contributed by atoms with E-state index in [0.717, 1.165) is 12.0 Å². The zero-order valence-electron chi connectivity index (χ0n) is 10.4. The molecule has 0 aliphatic heterocycles. The number of hydrogen-bond donors (Lipinski definition) is 1. The highest BCUT2D eigenvalue weighted by molar-refractivity contribution is 5.72. The summed E-state index contributed by atoms with van der Waals surface area (Å²) in [5, 5.41) is 8.69. The number of oxazole rings is 1. The van der Waals surface area contributed by atoms with Gasteiger partial charge in [-0.2, -0.15) is 5.26 Å². The Morgan fingerprint density at radius 3 is 2.94 bits per heavy atom. The van der Waals surface area contributed by atoms with Gasteiger partial charge in [-0.3, -0.25) is 4.98 Å². The number of hydrogen-bond acceptors (Lipinski definition) is 4. The molecule has 0 aliphatic carbocycles. The van der Waals surface area contributed by atoms with Gasteiger partial charge in [-0.05, 0) is 38.2 Å². The van der Waals surface area contributed by atoms with Gasteiger partial charge in [0.05, 0.1) is 11.6 Å². The van der Waals surface area contributed by atoms with E-state index in [0.29, 0.717) is 17.5 Å². The Kier molecular flexibility index (Phi) is 3.49. The lowest BCUT2D eigenvalue weighted by atomic mass is 10.0. The summed E-state index contributed by atoms with van der Waals surface area (Å²) in [6.07, 6.45) is 1.25. The number of nitriles is 1. The maximum atomic E-state index is 11.1. The lowest BCUT2D eigenvalue weighted by Gasteiger charge is -2.23. The van der Waals surface area contributed by atoms with Gasteiger partial charge in [0, 0.05) is 12.5 Å². The first-order valence-electron chi connectivity index (χ1n) is 5.78. The molecule has 0 spiro atoms. The van der Waals surface area contributed by atoms with E-state index >= 15 is 0 Å². The van der Waals surface area contributed by atoms with E-state index in [9.17, 15) is 4.79 Å². The average Bonchev–Trinajstić information content (AvgIpc) is 2.68. The fourth-order valence-corrected chi connectivity index (χ4v) is 2.09. The zero-order valence-corrected chi connectivity index (χ0v) is 10.4. The number of aromatic amines is 1.